The van der Waals surface area contributed by atoms with Crippen molar-refractivity contribution in [2.75, 3.05) is 25.0 Å². The highest BCUT2D eigenvalue weighted by Crippen LogP contribution is 2.18. The fourth-order valence-electron chi connectivity index (χ4n) is 2.56. The molecular weight excluding hydrogens is 340 g/mol. The van der Waals surface area contributed by atoms with Crippen molar-refractivity contribution in [2.24, 2.45) is 4.99 Å². The molecule has 0 aliphatic carbocycles. The molecule has 0 aromatic heterocycles. The number of aryl methyl sites for hydroxylation is 2. The van der Waals surface area contributed by atoms with Gasteiger partial charge in [-0.1, -0.05) is 48.5 Å². The molecule has 0 bridgehead atoms. The van der Waals surface area contributed by atoms with E-state index in [0.29, 0.717) is 32.3 Å². The van der Waals surface area contributed by atoms with Gasteiger partial charge in [-0.15, -0.1) is 0 Å². The predicted octanol–water partition coefficient (Wildman–Crippen LogP) is 3.61. The first-order valence-electron chi connectivity index (χ1n) is 9.14. The number of para-hydroxylation sites is 1. The number of ether oxygens (including phenoxy) is 1. The largest absolute Gasteiger partial charge is 0.375 e. The third kappa shape index (κ3) is 7.11. The van der Waals surface area contributed by atoms with Crippen molar-refractivity contribution in [1.82, 2.24) is 10.6 Å². The predicted molar refractivity (Wildman–Crippen MR) is 110 cm³/mol. The van der Waals surface area contributed by atoms with Crippen LogP contribution in [-0.2, 0) is 11.3 Å². The van der Waals surface area contributed by atoms with Crippen molar-refractivity contribution in [3.8, 4) is 0 Å². The fourth-order valence-corrected chi connectivity index (χ4v) is 2.56. The summed E-state index contributed by atoms with van der Waals surface area (Å²) in [4.78, 5) is 16.7. The number of carbonyl (C=O) groups is 1. The second kappa shape index (κ2) is 11.0. The molecule has 6 nitrogen and oxygen atoms in total. The number of carbonyl (C=O) groups excluding carboxylic acids is 1. The number of rotatable bonds is 7. The van der Waals surface area contributed by atoms with Gasteiger partial charge in [0.05, 0.1) is 19.8 Å². The molecule has 6 heteroatoms. The van der Waals surface area contributed by atoms with E-state index in [4.69, 9.17) is 4.74 Å². The summed E-state index contributed by atoms with van der Waals surface area (Å²) >= 11 is 0. The van der Waals surface area contributed by atoms with Gasteiger partial charge < -0.3 is 15.4 Å². The highest BCUT2D eigenvalue weighted by molar-refractivity contribution is 6.03. The standard InChI is InChI=1S/C21H28N4O2/c1-4-22-20(23-13-14-27-15-18-11-6-5-7-12-18)25-21(26)24-19-16(2)9-8-10-17(19)3/h5-12H,4,13-15H2,1-3H3,(H3,22,23,24,25,26). The SMILES string of the molecule is CCNC(=NCCOCc1ccccc1)NC(=O)Nc1c(C)cccc1C. The van der Waals surface area contributed by atoms with Crippen molar-refractivity contribution in [1.29, 1.82) is 0 Å². The van der Waals surface area contributed by atoms with Crippen LogP contribution in [0, 0.1) is 13.8 Å². The normalized spacial score (nSPS) is 11.1. The number of nitrogens with one attached hydrogen (secondary N) is 3. The molecule has 0 radical (unpaired) electrons. The summed E-state index contributed by atoms with van der Waals surface area (Å²) in [6.07, 6.45) is 0. The van der Waals surface area contributed by atoms with Crippen LogP contribution in [0.25, 0.3) is 0 Å². The van der Waals surface area contributed by atoms with Gasteiger partial charge in [-0.2, -0.15) is 0 Å². The van der Waals surface area contributed by atoms with Crippen molar-refractivity contribution in [2.45, 2.75) is 27.4 Å². The summed E-state index contributed by atoms with van der Waals surface area (Å²) in [6, 6.07) is 15.6. The molecule has 0 saturated heterocycles. The molecule has 2 amide bonds. The van der Waals surface area contributed by atoms with Crippen molar-refractivity contribution in [3.05, 3.63) is 65.2 Å². The zero-order valence-electron chi connectivity index (χ0n) is 16.2. The molecule has 0 spiro atoms. The molecule has 144 valence electrons. The molecule has 0 fully saturated rings. The van der Waals surface area contributed by atoms with Crippen LogP contribution in [0.2, 0.25) is 0 Å². The van der Waals surface area contributed by atoms with E-state index >= 15 is 0 Å². The first-order chi connectivity index (χ1) is 13.1. The highest BCUT2D eigenvalue weighted by Gasteiger charge is 2.09. The van der Waals surface area contributed by atoms with Crippen LogP contribution in [0.4, 0.5) is 10.5 Å². The topological polar surface area (TPSA) is 74.8 Å². The summed E-state index contributed by atoms with van der Waals surface area (Å²) in [5.74, 6) is 0.435. The average Bonchev–Trinajstić information content (AvgIpc) is 2.65. The van der Waals surface area contributed by atoms with Crippen molar-refractivity contribution >= 4 is 17.7 Å². The second-order valence-electron chi connectivity index (χ2n) is 6.14. The molecule has 2 rings (SSSR count). The van der Waals surface area contributed by atoms with E-state index in [1.54, 1.807) is 0 Å². The van der Waals surface area contributed by atoms with Crippen molar-refractivity contribution < 1.29 is 9.53 Å². The van der Waals surface area contributed by atoms with E-state index in [1.165, 1.54) is 0 Å². The fraction of sp³-hybridized carbons (Fsp3) is 0.333. The Morgan fingerprint density at radius 1 is 1.04 bits per heavy atom. The molecule has 2 aromatic rings. The van der Waals surface area contributed by atoms with Gasteiger partial charge in [0.25, 0.3) is 0 Å². The first-order valence-corrected chi connectivity index (χ1v) is 9.14. The minimum atomic E-state index is -0.322. The summed E-state index contributed by atoms with van der Waals surface area (Å²) in [6.45, 7) is 8.02. The second-order valence-corrected chi connectivity index (χ2v) is 6.14. The van der Waals surface area contributed by atoms with E-state index in [9.17, 15) is 4.79 Å². The molecule has 0 saturated carbocycles. The van der Waals surface area contributed by atoms with Gasteiger partial charge >= 0.3 is 6.03 Å². The summed E-state index contributed by atoms with van der Waals surface area (Å²) in [7, 11) is 0. The van der Waals surface area contributed by atoms with Gasteiger partial charge in [-0.3, -0.25) is 10.3 Å². The number of hydrogen-bond acceptors (Lipinski definition) is 3. The van der Waals surface area contributed by atoms with E-state index in [0.717, 1.165) is 22.4 Å². The molecule has 2 aromatic carbocycles. The van der Waals surface area contributed by atoms with Crippen LogP contribution in [0.1, 0.15) is 23.6 Å². The van der Waals surface area contributed by atoms with Crippen LogP contribution < -0.4 is 16.0 Å². The minimum absolute atomic E-state index is 0.322. The van der Waals surface area contributed by atoms with Crippen LogP contribution in [0.15, 0.2) is 53.5 Å². The summed E-state index contributed by atoms with van der Waals surface area (Å²) in [5, 5.41) is 8.71. The summed E-state index contributed by atoms with van der Waals surface area (Å²) < 4.78 is 5.62. The molecule has 0 unspecified atom stereocenters. The number of urea groups is 1. The lowest BCUT2D eigenvalue weighted by molar-refractivity contribution is 0.128. The molecule has 0 heterocycles. The van der Waals surface area contributed by atoms with E-state index < -0.39 is 0 Å². The Morgan fingerprint density at radius 2 is 1.74 bits per heavy atom. The monoisotopic (exact) mass is 368 g/mol. The van der Waals surface area contributed by atoms with E-state index in [2.05, 4.69) is 20.9 Å². The van der Waals surface area contributed by atoms with Crippen LogP contribution in [-0.4, -0.2) is 31.7 Å². The minimum Gasteiger partial charge on any atom is -0.375 e. The zero-order chi connectivity index (χ0) is 19.5. The van der Waals surface area contributed by atoms with Crippen LogP contribution >= 0.6 is 0 Å². The van der Waals surface area contributed by atoms with Gasteiger partial charge in [0.15, 0.2) is 5.96 Å². The molecule has 0 aliphatic rings. The highest BCUT2D eigenvalue weighted by atomic mass is 16.5. The van der Waals surface area contributed by atoms with Crippen LogP contribution in [0.5, 0.6) is 0 Å². The quantitative estimate of drug-likeness (QED) is 0.397. The number of benzene rings is 2. The molecular formula is C21H28N4O2. The molecule has 3 N–H and O–H groups in total. The summed E-state index contributed by atoms with van der Waals surface area (Å²) in [5.41, 5.74) is 3.97. The third-order valence-corrected chi connectivity index (χ3v) is 3.91. The van der Waals surface area contributed by atoms with Gasteiger partial charge in [0.2, 0.25) is 0 Å². The Hall–Kier alpha value is -2.86. The first kappa shape index (κ1) is 20.5. The number of anilines is 1. The number of guanidine groups is 1. The number of amides is 2. The molecule has 0 aliphatic heterocycles. The van der Waals surface area contributed by atoms with E-state index in [-0.39, 0.29) is 6.03 Å². The lowest BCUT2D eigenvalue weighted by Gasteiger charge is -2.14. The van der Waals surface area contributed by atoms with Gasteiger partial charge in [-0.25, -0.2) is 4.79 Å². The Morgan fingerprint density at radius 3 is 2.41 bits per heavy atom. The van der Waals surface area contributed by atoms with Gasteiger partial charge in [-0.05, 0) is 37.5 Å². The Labute approximate surface area is 161 Å². The smallest absolute Gasteiger partial charge is 0.326 e. The molecule has 0 atom stereocenters. The van der Waals surface area contributed by atoms with Gasteiger partial charge in [0, 0.05) is 12.2 Å². The zero-order valence-corrected chi connectivity index (χ0v) is 16.2. The number of nitrogens with zero attached hydrogens (tertiary/aromatic N) is 1. The van der Waals surface area contributed by atoms with Gasteiger partial charge in [0.1, 0.15) is 0 Å². The number of aliphatic imine (C=N–C) groups is 1. The third-order valence-electron chi connectivity index (χ3n) is 3.91. The number of hydrogen-bond donors (Lipinski definition) is 3. The average molecular weight is 368 g/mol. The lowest BCUT2D eigenvalue weighted by Crippen LogP contribution is -2.43. The lowest BCUT2D eigenvalue weighted by atomic mass is 10.1. The maximum Gasteiger partial charge on any atom is 0.326 e. The van der Waals surface area contributed by atoms with Crippen LogP contribution in [0.3, 0.4) is 0 Å². The maximum absolute atomic E-state index is 12.3. The maximum atomic E-state index is 12.3. The van der Waals surface area contributed by atoms with Crippen molar-refractivity contribution in [3.63, 3.8) is 0 Å². The Bertz CT molecular complexity index is 740. The Kier molecular flexibility index (Phi) is 8.32. The Balaban J connectivity index is 1.82. The van der Waals surface area contributed by atoms with E-state index in [1.807, 2.05) is 69.3 Å². The molecule has 27 heavy (non-hydrogen) atoms.